The molecule has 17 heavy (non-hydrogen) atoms. The van der Waals surface area contributed by atoms with Gasteiger partial charge in [-0.05, 0) is 18.8 Å². The lowest BCUT2D eigenvalue weighted by Gasteiger charge is -2.19. The van der Waals surface area contributed by atoms with Gasteiger partial charge in [0.15, 0.2) is 0 Å². The van der Waals surface area contributed by atoms with Gasteiger partial charge < -0.3 is 14.8 Å². The van der Waals surface area contributed by atoms with Gasteiger partial charge in [0.1, 0.15) is 6.04 Å². The van der Waals surface area contributed by atoms with Crippen molar-refractivity contribution in [3.63, 3.8) is 0 Å². The Bertz CT molecular complexity index is 290. The predicted molar refractivity (Wildman–Crippen MR) is 62.3 cm³/mol. The van der Waals surface area contributed by atoms with Gasteiger partial charge in [0, 0.05) is 6.04 Å². The molecule has 0 saturated carbocycles. The molecule has 0 aromatic rings. The molecule has 5 nitrogen and oxygen atoms in total. The topological polar surface area (TPSA) is 64.6 Å². The van der Waals surface area contributed by atoms with Gasteiger partial charge in [-0.25, -0.2) is 0 Å². The Hall–Kier alpha value is -1.10. The third-order valence-corrected chi connectivity index (χ3v) is 3.11. The molecule has 0 aromatic carbocycles. The number of nitrogens with one attached hydrogen (secondary N) is 1. The standard InChI is InChI=1S/C12H21NO4/c1-7(2)5-9-8(11(14)16-3)6-10(13-9)12(15)17-4/h7-10,13H,5-6H2,1-4H3/t8-,9+,10+/m0/s1. The lowest BCUT2D eigenvalue weighted by Crippen LogP contribution is -2.38. The first-order chi connectivity index (χ1) is 7.99. The minimum absolute atomic E-state index is 0.00782. The van der Waals surface area contributed by atoms with Gasteiger partial charge >= 0.3 is 11.9 Å². The van der Waals surface area contributed by atoms with Gasteiger partial charge in [0.25, 0.3) is 0 Å². The molecule has 0 unspecified atom stereocenters. The first kappa shape index (κ1) is 14.0. The average molecular weight is 243 g/mol. The molecule has 1 rings (SSSR count). The van der Waals surface area contributed by atoms with Crippen LogP contribution in [0.4, 0.5) is 0 Å². The molecule has 0 amide bonds. The zero-order valence-corrected chi connectivity index (χ0v) is 10.9. The molecule has 0 aliphatic carbocycles. The van der Waals surface area contributed by atoms with Gasteiger partial charge in [0.2, 0.25) is 0 Å². The quantitative estimate of drug-likeness (QED) is 0.737. The third kappa shape index (κ3) is 3.43. The summed E-state index contributed by atoms with van der Waals surface area (Å²) in [5.41, 5.74) is 0. The first-order valence-electron chi connectivity index (χ1n) is 5.91. The lowest BCUT2D eigenvalue weighted by atomic mass is 9.92. The van der Waals surface area contributed by atoms with Crippen molar-refractivity contribution in [2.75, 3.05) is 14.2 Å². The van der Waals surface area contributed by atoms with E-state index in [0.29, 0.717) is 12.3 Å². The molecule has 0 spiro atoms. The number of ether oxygens (including phenoxy) is 2. The van der Waals surface area contributed by atoms with Crippen molar-refractivity contribution < 1.29 is 19.1 Å². The zero-order chi connectivity index (χ0) is 13.0. The van der Waals surface area contributed by atoms with E-state index >= 15 is 0 Å². The maximum Gasteiger partial charge on any atom is 0.322 e. The van der Waals surface area contributed by atoms with Crippen molar-refractivity contribution in [3.8, 4) is 0 Å². The Kier molecular flexibility index (Phi) is 4.93. The van der Waals surface area contributed by atoms with Gasteiger partial charge in [-0.3, -0.25) is 9.59 Å². The van der Waals surface area contributed by atoms with Crippen LogP contribution in [0.15, 0.2) is 0 Å². The van der Waals surface area contributed by atoms with Crippen LogP contribution >= 0.6 is 0 Å². The van der Waals surface area contributed by atoms with Crippen LogP contribution in [-0.4, -0.2) is 38.2 Å². The number of hydrogen-bond donors (Lipinski definition) is 1. The molecule has 0 bridgehead atoms. The molecule has 1 N–H and O–H groups in total. The molecule has 0 aromatic heterocycles. The highest BCUT2D eigenvalue weighted by Gasteiger charge is 2.42. The van der Waals surface area contributed by atoms with Crippen molar-refractivity contribution in [2.24, 2.45) is 11.8 Å². The molecule has 1 aliphatic heterocycles. The van der Waals surface area contributed by atoms with Crippen molar-refractivity contribution in [2.45, 2.75) is 38.8 Å². The minimum Gasteiger partial charge on any atom is -0.469 e. The van der Waals surface area contributed by atoms with E-state index < -0.39 is 6.04 Å². The molecular weight excluding hydrogens is 222 g/mol. The van der Waals surface area contributed by atoms with Crippen LogP contribution in [0, 0.1) is 11.8 Å². The normalized spacial score (nSPS) is 28.2. The molecule has 1 fully saturated rings. The number of carbonyl (C=O) groups is 2. The van der Waals surface area contributed by atoms with Crippen molar-refractivity contribution in [3.05, 3.63) is 0 Å². The summed E-state index contributed by atoms with van der Waals surface area (Å²) in [4.78, 5) is 23.1. The Morgan fingerprint density at radius 3 is 2.29 bits per heavy atom. The number of rotatable bonds is 4. The number of esters is 2. The number of carbonyl (C=O) groups excluding carboxylic acids is 2. The Morgan fingerprint density at radius 2 is 1.82 bits per heavy atom. The van der Waals surface area contributed by atoms with Crippen LogP contribution < -0.4 is 5.32 Å². The Balaban J connectivity index is 2.71. The average Bonchev–Trinajstić information content (AvgIpc) is 2.70. The second-order valence-electron chi connectivity index (χ2n) is 4.84. The maximum atomic E-state index is 11.6. The van der Waals surface area contributed by atoms with E-state index in [1.165, 1.54) is 14.2 Å². The summed E-state index contributed by atoms with van der Waals surface area (Å²) in [6.07, 6.45) is 1.30. The SMILES string of the molecule is COC(=O)[C@H]1C[C@H](C(=O)OC)N[C@@H]1CC(C)C. The highest BCUT2D eigenvalue weighted by molar-refractivity contribution is 5.80. The molecule has 1 heterocycles. The minimum atomic E-state index is -0.396. The van der Waals surface area contributed by atoms with Crippen LogP contribution in [0.25, 0.3) is 0 Å². The molecule has 1 saturated heterocycles. The second-order valence-corrected chi connectivity index (χ2v) is 4.84. The van der Waals surface area contributed by atoms with Crippen LogP contribution in [0.2, 0.25) is 0 Å². The van der Waals surface area contributed by atoms with Crippen molar-refractivity contribution >= 4 is 11.9 Å². The van der Waals surface area contributed by atoms with Crippen LogP contribution in [0.5, 0.6) is 0 Å². The number of hydrogen-bond acceptors (Lipinski definition) is 5. The molecule has 0 radical (unpaired) electrons. The molecule has 5 heteroatoms. The summed E-state index contributed by atoms with van der Waals surface area (Å²) >= 11 is 0. The summed E-state index contributed by atoms with van der Waals surface area (Å²) in [5.74, 6) is -0.373. The maximum absolute atomic E-state index is 11.6. The van der Waals surface area contributed by atoms with Crippen LogP contribution in [-0.2, 0) is 19.1 Å². The van der Waals surface area contributed by atoms with E-state index in [-0.39, 0.29) is 23.9 Å². The van der Waals surface area contributed by atoms with Gasteiger partial charge in [-0.1, -0.05) is 13.8 Å². The van der Waals surface area contributed by atoms with Gasteiger partial charge in [-0.2, -0.15) is 0 Å². The summed E-state index contributed by atoms with van der Waals surface area (Å²) in [6.45, 7) is 4.17. The van der Waals surface area contributed by atoms with E-state index in [0.717, 1.165) is 6.42 Å². The van der Waals surface area contributed by atoms with E-state index in [2.05, 4.69) is 19.2 Å². The van der Waals surface area contributed by atoms with Crippen molar-refractivity contribution in [1.82, 2.24) is 5.32 Å². The zero-order valence-electron chi connectivity index (χ0n) is 10.9. The molecule has 1 aliphatic rings. The van der Waals surface area contributed by atoms with Gasteiger partial charge in [-0.15, -0.1) is 0 Å². The van der Waals surface area contributed by atoms with Gasteiger partial charge in [0.05, 0.1) is 20.1 Å². The predicted octanol–water partition coefficient (Wildman–Crippen LogP) is 0.725. The highest BCUT2D eigenvalue weighted by Crippen LogP contribution is 2.27. The Morgan fingerprint density at radius 1 is 1.24 bits per heavy atom. The summed E-state index contributed by atoms with van der Waals surface area (Å²) in [7, 11) is 2.73. The van der Waals surface area contributed by atoms with Crippen LogP contribution in [0.1, 0.15) is 26.7 Å². The third-order valence-electron chi connectivity index (χ3n) is 3.11. The fourth-order valence-electron chi connectivity index (χ4n) is 2.32. The number of methoxy groups -OCH3 is 2. The molecular formula is C12H21NO4. The lowest BCUT2D eigenvalue weighted by molar-refractivity contribution is -0.146. The fraction of sp³-hybridized carbons (Fsp3) is 0.833. The molecule has 98 valence electrons. The van der Waals surface area contributed by atoms with E-state index in [4.69, 9.17) is 9.47 Å². The fourth-order valence-corrected chi connectivity index (χ4v) is 2.32. The monoisotopic (exact) mass is 243 g/mol. The first-order valence-corrected chi connectivity index (χ1v) is 5.91. The van der Waals surface area contributed by atoms with E-state index in [9.17, 15) is 9.59 Å². The summed E-state index contributed by atoms with van der Waals surface area (Å²) < 4.78 is 9.47. The smallest absolute Gasteiger partial charge is 0.322 e. The summed E-state index contributed by atoms with van der Waals surface area (Å²) in [5, 5.41) is 3.16. The Labute approximate surface area is 102 Å². The van der Waals surface area contributed by atoms with E-state index in [1.54, 1.807) is 0 Å². The molecule has 3 atom stereocenters. The van der Waals surface area contributed by atoms with Crippen LogP contribution in [0.3, 0.4) is 0 Å². The van der Waals surface area contributed by atoms with Crippen molar-refractivity contribution in [1.29, 1.82) is 0 Å². The highest BCUT2D eigenvalue weighted by atomic mass is 16.5. The second kappa shape index (κ2) is 6.00. The van der Waals surface area contributed by atoms with E-state index in [1.807, 2.05) is 0 Å². The summed E-state index contributed by atoms with van der Waals surface area (Å²) in [6, 6.07) is -0.403. The largest absolute Gasteiger partial charge is 0.469 e.